The number of aromatic amines is 1. The minimum absolute atomic E-state index is 0.0532. The second kappa shape index (κ2) is 7.24. The van der Waals surface area contributed by atoms with E-state index in [1.165, 1.54) is 0 Å². The molecule has 4 nitrogen and oxygen atoms in total. The molecule has 0 bridgehead atoms. The van der Waals surface area contributed by atoms with Gasteiger partial charge < -0.3 is 14.8 Å². The van der Waals surface area contributed by atoms with Crippen molar-refractivity contribution in [3.8, 4) is 28.1 Å². The number of aliphatic carboxylic acids is 1. The van der Waals surface area contributed by atoms with Crippen molar-refractivity contribution in [3.63, 3.8) is 0 Å². The minimum Gasteiger partial charge on any atom is -0.497 e. The van der Waals surface area contributed by atoms with Gasteiger partial charge in [0.1, 0.15) is 5.75 Å². The highest BCUT2D eigenvalue weighted by Crippen LogP contribution is 2.35. The van der Waals surface area contributed by atoms with Crippen LogP contribution in [0.25, 0.3) is 33.3 Å². The molecule has 4 aromatic rings. The lowest BCUT2D eigenvalue weighted by atomic mass is 9.99. The first-order valence-corrected chi connectivity index (χ1v) is 9.13. The van der Waals surface area contributed by atoms with E-state index in [1.807, 2.05) is 49.4 Å². The van der Waals surface area contributed by atoms with Gasteiger partial charge in [-0.25, -0.2) is 0 Å². The zero-order valence-corrected chi connectivity index (χ0v) is 15.8. The maximum Gasteiger partial charge on any atom is 0.307 e. The quantitative estimate of drug-likeness (QED) is 0.491. The zero-order chi connectivity index (χ0) is 19.7. The third-order valence-electron chi connectivity index (χ3n) is 5.03. The van der Waals surface area contributed by atoms with E-state index < -0.39 is 5.97 Å². The number of hydrogen-bond acceptors (Lipinski definition) is 2. The van der Waals surface area contributed by atoms with Crippen LogP contribution in [-0.2, 0) is 11.2 Å². The summed E-state index contributed by atoms with van der Waals surface area (Å²) in [5.41, 5.74) is 6.82. The molecule has 0 unspecified atom stereocenters. The van der Waals surface area contributed by atoms with Crippen LogP contribution in [0.2, 0.25) is 0 Å². The summed E-state index contributed by atoms with van der Waals surface area (Å²) in [5, 5.41) is 10.3. The number of fused-ring (bicyclic) bond motifs is 1. The van der Waals surface area contributed by atoms with Crippen LogP contribution in [0.1, 0.15) is 11.1 Å². The number of ether oxygens (including phenoxy) is 1. The third-order valence-corrected chi connectivity index (χ3v) is 5.03. The van der Waals surface area contributed by atoms with Crippen molar-refractivity contribution < 1.29 is 14.6 Å². The molecule has 0 aliphatic rings. The Balaban J connectivity index is 1.85. The summed E-state index contributed by atoms with van der Waals surface area (Å²) in [6.07, 6.45) is -0.0532. The highest BCUT2D eigenvalue weighted by Gasteiger charge is 2.18. The summed E-state index contributed by atoms with van der Waals surface area (Å²) in [4.78, 5) is 15.0. The number of aromatic nitrogens is 1. The average molecular weight is 371 g/mol. The second-order valence-corrected chi connectivity index (χ2v) is 6.86. The van der Waals surface area contributed by atoms with Crippen LogP contribution in [0, 0.1) is 6.92 Å². The van der Waals surface area contributed by atoms with E-state index in [9.17, 15) is 9.90 Å². The molecule has 4 heteroatoms. The largest absolute Gasteiger partial charge is 0.497 e. The van der Waals surface area contributed by atoms with Gasteiger partial charge in [0.25, 0.3) is 0 Å². The van der Waals surface area contributed by atoms with Gasteiger partial charge in [-0.1, -0.05) is 54.6 Å². The number of aryl methyl sites for hydroxylation is 1. The molecule has 0 aliphatic carbocycles. The molecule has 0 saturated heterocycles. The van der Waals surface area contributed by atoms with Crippen LogP contribution in [-0.4, -0.2) is 23.2 Å². The Hall–Kier alpha value is -3.53. The summed E-state index contributed by atoms with van der Waals surface area (Å²) in [5.74, 6) is -0.134. The fraction of sp³-hybridized carbons (Fsp3) is 0.125. The molecular formula is C24H21NO3. The molecule has 1 heterocycles. The topological polar surface area (TPSA) is 62.3 Å². The number of methoxy groups -OCH3 is 1. The maximum atomic E-state index is 11.5. The Bertz CT molecular complexity index is 1140. The fourth-order valence-electron chi connectivity index (χ4n) is 3.65. The number of carbonyl (C=O) groups is 1. The zero-order valence-electron chi connectivity index (χ0n) is 15.8. The number of hydrogen-bond donors (Lipinski definition) is 2. The van der Waals surface area contributed by atoms with Crippen LogP contribution in [0.3, 0.4) is 0 Å². The number of H-pyrrole nitrogens is 1. The van der Waals surface area contributed by atoms with Crippen molar-refractivity contribution in [1.82, 2.24) is 4.98 Å². The fourth-order valence-corrected chi connectivity index (χ4v) is 3.65. The Morgan fingerprint density at radius 1 is 0.964 bits per heavy atom. The van der Waals surface area contributed by atoms with Gasteiger partial charge in [0.15, 0.2) is 0 Å². The first-order chi connectivity index (χ1) is 13.6. The van der Waals surface area contributed by atoms with Crippen LogP contribution in [0.15, 0.2) is 66.7 Å². The first-order valence-electron chi connectivity index (χ1n) is 9.13. The van der Waals surface area contributed by atoms with Crippen molar-refractivity contribution >= 4 is 16.9 Å². The van der Waals surface area contributed by atoms with Crippen molar-refractivity contribution in [2.45, 2.75) is 13.3 Å². The van der Waals surface area contributed by atoms with E-state index >= 15 is 0 Å². The lowest BCUT2D eigenvalue weighted by Crippen LogP contribution is -2.01. The summed E-state index contributed by atoms with van der Waals surface area (Å²) in [6.45, 7) is 1.99. The molecule has 0 saturated carbocycles. The number of rotatable bonds is 5. The van der Waals surface area contributed by atoms with Crippen molar-refractivity contribution in [2.75, 3.05) is 7.11 Å². The maximum absolute atomic E-state index is 11.5. The van der Waals surface area contributed by atoms with Gasteiger partial charge in [-0.2, -0.15) is 0 Å². The van der Waals surface area contributed by atoms with Gasteiger partial charge in [-0.05, 0) is 46.9 Å². The highest BCUT2D eigenvalue weighted by molar-refractivity contribution is 5.96. The molecule has 140 valence electrons. The van der Waals surface area contributed by atoms with E-state index in [2.05, 4.69) is 29.2 Å². The Morgan fingerprint density at radius 3 is 2.25 bits per heavy atom. The molecule has 0 fully saturated rings. The molecule has 4 rings (SSSR count). The average Bonchev–Trinajstić information content (AvgIpc) is 3.07. The molecule has 0 spiro atoms. The van der Waals surface area contributed by atoms with E-state index in [4.69, 9.17) is 4.74 Å². The summed E-state index contributed by atoms with van der Waals surface area (Å²) < 4.78 is 5.38. The molecule has 0 atom stereocenters. The molecule has 0 radical (unpaired) electrons. The predicted octanol–water partition coefficient (Wildman–Crippen LogP) is 5.45. The summed E-state index contributed by atoms with van der Waals surface area (Å²) >= 11 is 0. The van der Waals surface area contributed by atoms with Gasteiger partial charge in [0.05, 0.1) is 19.2 Å². The molecule has 1 aromatic heterocycles. The van der Waals surface area contributed by atoms with E-state index in [0.29, 0.717) is 0 Å². The molecule has 3 aromatic carbocycles. The molecule has 0 aliphatic heterocycles. The van der Waals surface area contributed by atoms with E-state index in [-0.39, 0.29) is 6.42 Å². The van der Waals surface area contributed by atoms with Gasteiger partial charge in [-0.3, -0.25) is 4.79 Å². The summed E-state index contributed by atoms with van der Waals surface area (Å²) in [6, 6.07) is 22.2. The van der Waals surface area contributed by atoms with Crippen LogP contribution in [0.5, 0.6) is 5.75 Å². The highest BCUT2D eigenvalue weighted by atomic mass is 16.5. The van der Waals surface area contributed by atoms with Crippen molar-refractivity contribution in [3.05, 3.63) is 77.9 Å². The Labute approximate surface area is 163 Å². The number of benzene rings is 3. The van der Waals surface area contributed by atoms with Crippen molar-refractivity contribution in [1.29, 1.82) is 0 Å². The lowest BCUT2D eigenvalue weighted by molar-refractivity contribution is -0.136. The molecular weight excluding hydrogens is 350 g/mol. The second-order valence-electron chi connectivity index (χ2n) is 6.86. The van der Waals surface area contributed by atoms with Gasteiger partial charge in [0.2, 0.25) is 0 Å². The van der Waals surface area contributed by atoms with Crippen LogP contribution in [0.4, 0.5) is 0 Å². The number of carboxylic acid groups (broad SMARTS) is 1. The molecule has 2 N–H and O–H groups in total. The van der Waals surface area contributed by atoms with Gasteiger partial charge in [0, 0.05) is 10.9 Å². The smallest absolute Gasteiger partial charge is 0.307 e. The normalized spacial score (nSPS) is 10.9. The predicted molar refractivity (Wildman–Crippen MR) is 112 cm³/mol. The Kier molecular flexibility index (Phi) is 4.62. The lowest BCUT2D eigenvalue weighted by Gasteiger charge is -2.06. The van der Waals surface area contributed by atoms with Crippen LogP contribution >= 0.6 is 0 Å². The molecule has 28 heavy (non-hydrogen) atoms. The Morgan fingerprint density at radius 2 is 1.61 bits per heavy atom. The summed E-state index contributed by atoms with van der Waals surface area (Å²) in [7, 11) is 1.62. The van der Waals surface area contributed by atoms with Crippen LogP contribution < -0.4 is 4.74 Å². The standard InChI is InChI=1S/C24H21NO3/c1-15-12-19(28-2)13-20-21(14-22(26)27)24(25-23(15)20)18-10-8-17(9-11-18)16-6-4-3-5-7-16/h3-13,25H,14H2,1-2H3,(H,26,27). The number of nitrogens with one attached hydrogen (secondary N) is 1. The number of carboxylic acids is 1. The van der Waals surface area contributed by atoms with E-state index in [0.717, 1.165) is 50.2 Å². The third kappa shape index (κ3) is 3.25. The van der Waals surface area contributed by atoms with Crippen molar-refractivity contribution in [2.24, 2.45) is 0 Å². The van der Waals surface area contributed by atoms with E-state index in [1.54, 1.807) is 7.11 Å². The SMILES string of the molecule is COc1cc(C)c2[nH]c(-c3ccc(-c4ccccc4)cc3)c(CC(=O)O)c2c1. The van der Waals surface area contributed by atoms with Gasteiger partial charge >= 0.3 is 5.97 Å². The minimum atomic E-state index is -0.858. The first kappa shape index (κ1) is 17.9. The molecule has 0 amide bonds. The monoisotopic (exact) mass is 371 g/mol. The van der Waals surface area contributed by atoms with Gasteiger partial charge in [-0.15, -0.1) is 0 Å².